The van der Waals surface area contributed by atoms with Crippen LogP contribution in [0.5, 0.6) is 0 Å². The van der Waals surface area contributed by atoms with E-state index >= 15 is 0 Å². The molecule has 0 heterocycles. The molecule has 46 heavy (non-hydrogen) atoms. The third kappa shape index (κ3) is 3.56. The van der Waals surface area contributed by atoms with Gasteiger partial charge >= 0.3 is 0 Å². The average Bonchev–Trinajstić information content (AvgIpc) is 3.26. The van der Waals surface area contributed by atoms with Gasteiger partial charge in [-0.1, -0.05) is 169 Å². The molecule has 212 valence electrons. The molecule has 0 aromatic heterocycles. The lowest BCUT2D eigenvalue weighted by atomic mass is 9.81. The molecular weight excluding hydrogens is 553 g/mol. The van der Waals surface area contributed by atoms with Gasteiger partial charge in [0.2, 0.25) is 0 Å². The van der Waals surface area contributed by atoms with Crippen molar-refractivity contribution in [2.24, 2.45) is 0 Å². The first-order valence-corrected chi connectivity index (χ1v) is 14.8. The van der Waals surface area contributed by atoms with Gasteiger partial charge in [0.25, 0.3) is 0 Å². The topological polar surface area (TPSA) is 0 Å². The number of fused-ring (bicyclic) bond motifs is 4. The first kappa shape index (κ1) is 14.9. The van der Waals surface area contributed by atoms with Crippen LogP contribution in [0.4, 0.5) is 0 Å². The maximum absolute atomic E-state index is 9.63. The molecular formula is C46H28. The highest BCUT2D eigenvalue weighted by atomic mass is 14.2. The van der Waals surface area contributed by atoms with Gasteiger partial charge in [-0.05, 0) is 98.0 Å². The van der Waals surface area contributed by atoms with Crippen LogP contribution in [0.1, 0.15) is 20.6 Å². The van der Waals surface area contributed by atoms with Crippen molar-refractivity contribution < 1.29 is 20.6 Å². The van der Waals surface area contributed by atoms with Crippen molar-refractivity contribution in [1.82, 2.24) is 0 Å². The third-order valence-electron chi connectivity index (χ3n) is 8.93. The van der Waals surface area contributed by atoms with Gasteiger partial charge in [-0.25, -0.2) is 0 Å². The van der Waals surface area contributed by atoms with Gasteiger partial charge in [-0.15, -0.1) is 0 Å². The second-order valence-electron chi connectivity index (χ2n) is 11.3. The van der Waals surface area contributed by atoms with E-state index in [1.54, 1.807) is 54.6 Å². The van der Waals surface area contributed by atoms with E-state index in [0.717, 1.165) is 0 Å². The molecule has 0 bridgehead atoms. The third-order valence-corrected chi connectivity index (χ3v) is 8.93. The highest BCUT2D eigenvalue weighted by Gasteiger charge is 2.21. The normalized spacial score (nSPS) is 16.5. The molecule has 0 amide bonds. The number of benzene rings is 10. The van der Waals surface area contributed by atoms with Crippen LogP contribution < -0.4 is 0 Å². The van der Waals surface area contributed by atoms with Crippen LogP contribution in [0.15, 0.2) is 169 Å². The van der Waals surface area contributed by atoms with E-state index < -0.39 is 48.3 Å². The molecule has 0 aliphatic rings. The fourth-order valence-corrected chi connectivity index (χ4v) is 7.04. The second kappa shape index (κ2) is 9.76. The predicted molar refractivity (Wildman–Crippen MR) is 199 cm³/mol. The summed E-state index contributed by atoms with van der Waals surface area (Å²) in [5, 5.41) is 3.89. The molecule has 0 saturated heterocycles. The molecule has 10 aromatic rings. The van der Waals surface area contributed by atoms with Gasteiger partial charge in [0.1, 0.15) is 0 Å². The minimum absolute atomic E-state index is 0.00988. The standard InChI is InChI=1S/C46H28/c1-3-11-29(12-4-1)34-24-20-32-22-26-39-40(27-23-33-21-25-38(34)43(32)44(33)39)46-37-18-10-9-17-36(37)42(31-14-5-2-6-15-31)41-28-19-30-13-7-8-16-35(30)45(41)46/h1-28H/i1D,3D,4D,7D,8D,9D,10D,11D,12D,13D,16D,17D,19D,26D,28D. The summed E-state index contributed by atoms with van der Waals surface area (Å²) in [5.74, 6) is 0. The van der Waals surface area contributed by atoms with Crippen LogP contribution in [0.2, 0.25) is 0 Å². The summed E-state index contributed by atoms with van der Waals surface area (Å²) in [6.07, 6.45) is 0. The van der Waals surface area contributed by atoms with Crippen LogP contribution in [0, 0.1) is 0 Å². The number of rotatable bonds is 3. The summed E-state index contributed by atoms with van der Waals surface area (Å²) in [4.78, 5) is 0. The Labute approximate surface area is 288 Å². The summed E-state index contributed by atoms with van der Waals surface area (Å²) >= 11 is 0. The summed E-state index contributed by atoms with van der Waals surface area (Å²) < 4.78 is 134. The lowest BCUT2D eigenvalue weighted by Gasteiger charge is -2.21. The minimum Gasteiger partial charge on any atom is -0.0622 e. The zero-order valence-electron chi connectivity index (χ0n) is 39.0. The van der Waals surface area contributed by atoms with E-state index in [4.69, 9.17) is 13.7 Å². The van der Waals surface area contributed by atoms with Crippen molar-refractivity contribution in [2.75, 3.05) is 0 Å². The Morgan fingerprint density at radius 3 is 1.91 bits per heavy atom. The van der Waals surface area contributed by atoms with Crippen LogP contribution in [0.3, 0.4) is 0 Å². The van der Waals surface area contributed by atoms with Gasteiger partial charge in [0.15, 0.2) is 0 Å². The fraction of sp³-hybridized carbons (Fsp3) is 0. The van der Waals surface area contributed by atoms with E-state index in [0.29, 0.717) is 49.0 Å². The minimum atomic E-state index is -0.581. The van der Waals surface area contributed by atoms with Gasteiger partial charge < -0.3 is 0 Å². The van der Waals surface area contributed by atoms with E-state index in [9.17, 15) is 6.85 Å². The van der Waals surface area contributed by atoms with Crippen molar-refractivity contribution in [2.45, 2.75) is 0 Å². The maximum atomic E-state index is 9.63. The lowest BCUT2D eigenvalue weighted by Crippen LogP contribution is -1.94. The molecule has 0 unspecified atom stereocenters. The van der Waals surface area contributed by atoms with Crippen molar-refractivity contribution in [3.8, 4) is 33.4 Å². The van der Waals surface area contributed by atoms with Crippen LogP contribution in [0.25, 0.3) is 98.0 Å². The molecule has 0 fully saturated rings. The fourth-order valence-electron chi connectivity index (χ4n) is 7.04. The highest BCUT2D eigenvalue weighted by molar-refractivity contribution is 6.33. The molecule has 0 aliphatic carbocycles. The lowest BCUT2D eigenvalue weighted by molar-refractivity contribution is 1.66. The van der Waals surface area contributed by atoms with Gasteiger partial charge in [-0.2, -0.15) is 0 Å². The molecule has 10 aromatic carbocycles. The van der Waals surface area contributed by atoms with Crippen molar-refractivity contribution >= 4 is 64.6 Å². The maximum Gasteiger partial charge on any atom is 0.0630 e. The number of hydrogen-bond acceptors (Lipinski definition) is 0. The molecule has 0 atom stereocenters. The molecule has 0 N–H and O–H groups in total. The molecule has 10 rings (SSSR count). The van der Waals surface area contributed by atoms with Gasteiger partial charge in [0, 0.05) is 0 Å². The Balaban J connectivity index is 1.50. The first-order valence-electron chi connectivity index (χ1n) is 22.3. The smallest absolute Gasteiger partial charge is 0.0622 e. The first-order chi connectivity index (χ1) is 29.1. The quantitative estimate of drug-likeness (QED) is 0.141. The monoisotopic (exact) mass is 595 g/mol. The Morgan fingerprint density at radius 1 is 0.304 bits per heavy atom. The van der Waals surface area contributed by atoms with E-state index in [1.807, 2.05) is 18.2 Å². The SMILES string of the molecule is [2H]c1cc2c(-c3ccc4ccc5c(-c6c([2H])c([2H])c([2H])c([2H])c6[2H])ccc6cc([2H])c3c4c65)c3c(c([2H])c([2H])c4c([2H])c([2H])c([2H])c([2H])c43)c(-c3ccccc3)c2c([2H])c1[2H]. The van der Waals surface area contributed by atoms with Crippen molar-refractivity contribution in [3.63, 3.8) is 0 Å². The summed E-state index contributed by atoms with van der Waals surface area (Å²) in [6.45, 7) is 0. The van der Waals surface area contributed by atoms with Gasteiger partial charge in [0.05, 0.1) is 20.6 Å². The van der Waals surface area contributed by atoms with E-state index in [1.165, 1.54) is 6.07 Å². The van der Waals surface area contributed by atoms with Crippen molar-refractivity contribution in [3.05, 3.63) is 169 Å². The van der Waals surface area contributed by atoms with E-state index in [2.05, 4.69) is 0 Å². The Kier molecular flexibility index (Phi) is 3.15. The number of hydrogen-bond donors (Lipinski definition) is 0. The largest absolute Gasteiger partial charge is 0.0630 e. The molecule has 0 saturated carbocycles. The molecule has 0 heteroatoms. The average molecular weight is 596 g/mol. The van der Waals surface area contributed by atoms with Crippen molar-refractivity contribution in [1.29, 1.82) is 0 Å². The molecule has 0 spiro atoms. The van der Waals surface area contributed by atoms with Crippen LogP contribution >= 0.6 is 0 Å². The zero-order chi connectivity index (χ0) is 43.2. The Hall–Kier alpha value is -5.98. The molecule has 0 aliphatic heterocycles. The predicted octanol–water partition coefficient (Wildman–Crippen LogP) is 13.0. The van der Waals surface area contributed by atoms with Gasteiger partial charge in [-0.3, -0.25) is 0 Å². The molecule has 0 nitrogen and oxygen atoms in total. The summed E-state index contributed by atoms with van der Waals surface area (Å²) in [6, 6.07) is 16.4. The second-order valence-corrected chi connectivity index (χ2v) is 11.3. The van der Waals surface area contributed by atoms with Crippen LogP contribution in [-0.4, -0.2) is 0 Å². The highest BCUT2D eigenvalue weighted by Crippen LogP contribution is 2.49. The Morgan fingerprint density at radius 2 is 1.02 bits per heavy atom. The molecule has 0 radical (unpaired) electrons. The zero-order valence-corrected chi connectivity index (χ0v) is 24.0. The van der Waals surface area contributed by atoms with Crippen LogP contribution in [-0.2, 0) is 0 Å². The summed E-state index contributed by atoms with van der Waals surface area (Å²) in [5.41, 5.74) is 1.79. The Bertz CT molecular complexity index is 3610. The van der Waals surface area contributed by atoms with E-state index in [-0.39, 0.29) is 91.3 Å². The summed E-state index contributed by atoms with van der Waals surface area (Å²) in [7, 11) is 0.